The molecule has 3 N–H and O–H groups in total. The Kier molecular flexibility index (Phi) is 3.49. The zero-order chi connectivity index (χ0) is 13.1. The Bertz CT molecular complexity index is 597. The molecule has 0 saturated carbocycles. The number of anilines is 2. The molecule has 5 heteroatoms. The fourth-order valence-corrected chi connectivity index (χ4v) is 2.45. The number of rotatable bonds is 3. The SMILES string of the molecule is Cc1csc(C(C)Nc2ccc(N)cc2C#N)n1. The average Bonchev–Trinajstić information content (AvgIpc) is 2.78. The monoisotopic (exact) mass is 258 g/mol. The van der Waals surface area contributed by atoms with Crippen LogP contribution in [0.25, 0.3) is 0 Å². The van der Waals surface area contributed by atoms with Gasteiger partial charge < -0.3 is 11.1 Å². The van der Waals surface area contributed by atoms with Crippen LogP contribution in [0.15, 0.2) is 23.6 Å². The van der Waals surface area contributed by atoms with Gasteiger partial charge in [0.1, 0.15) is 11.1 Å². The van der Waals surface area contributed by atoms with Gasteiger partial charge in [0.25, 0.3) is 0 Å². The highest BCUT2D eigenvalue weighted by Crippen LogP contribution is 2.25. The minimum atomic E-state index is 0.0689. The molecule has 1 heterocycles. The summed E-state index contributed by atoms with van der Waals surface area (Å²) in [6.07, 6.45) is 0. The van der Waals surface area contributed by atoms with Gasteiger partial charge in [-0.3, -0.25) is 0 Å². The van der Waals surface area contributed by atoms with Gasteiger partial charge in [0.2, 0.25) is 0 Å². The maximum absolute atomic E-state index is 9.07. The second-order valence-corrected chi connectivity index (χ2v) is 5.00. The summed E-state index contributed by atoms with van der Waals surface area (Å²) in [6.45, 7) is 3.99. The minimum absolute atomic E-state index is 0.0689. The number of nitrogens with zero attached hydrogens (tertiary/aromatic N) is 2. The van der Waals surface area contributed by atoms with Crippen molar-refractivity contribution in [1.82, 2.24) is 4.98 Å². The van der Waals surface area contributed by atoms with Crippen molar-refractivity contribution >= 4 is 22.7 Å². The highest BCUT2D eigenvalue weighted by molar-refractivity contribution is 7.09. The van der Waals surface area contributed by atoms with Crippen molar-refractivity contribution in [3.63, 3.8) is 0 Å². The lowest BCUT2D eigenvalue weighted by atomic mass is 10.1. The Morgan fingerprint density at radius 2 is 2.28 bits per heavy atom. The molecule has 0 spiro atoms. The van der Waals surface area contributed by atoms with Crippen LogP contribution in [-0.4, -0.2) is 4.98 Å². The van der Waals surface area contributed by atoms with E-state index in [1.165, 1.54) is 0 Å². The van der Waals surface area contributed by atoms with Crippen LogP contribution < -0.4 is 11.1 Å². The highest BCUT2D eigenvalue weighted by Gasteiger charge is 2.11. The van der Waals surface area contributed by atoms with Crippen molar-refractivity contribution in [1.29, 1.82) is 5.26 Å². The van der Waals surface area contributed by atoms with E-state index in [2.05, 4.69) is 16.4 Å². The number of nitrogen functional groups attached to an aromatic ring is 1. The molecule has 0 fully saturated rings. The number of nitrogens with two attached hydrogens (primary N) is 1. The van der Waals surface area contributed by atoms with Crippen LogP contribution in [0.1, 0.15) is 29.2 Å². The molecule has 4 nitrogen and oxygen atoms in total. The Hall–Kier alpha value is -2.06. The molecule has 0 radical (unpaired) electrons. The van der Waals surface area contributed by atoms with Crippen LogP contribution in [0.4, 0.5) is 11.4 Å². The van der Waals surface area contributed by atoms with E-state index in [-0.39, 0.29) is 6.04 Å². The van der Waals surface area contributed by atoms with Crippen LogP contribution in [0.3, 0.4) is 0 Å². The topological polar surface area (TPSA) is 74.7 Å². The summed E-state index contributed by atoms with van der Waals surface area (Å²) in [5.74, 6) is 0. The first-order valence-corrected chi connectivity index (χ1v) is 6.46. The Balaban J connectivity index is 2.22. The normalized spacial score (nSPS) is 11.8. The fraction of sp³-hybridized carbons (Fsp3) is 0.231. The predicted molar refractivity (Wildman–Crippen MR) is 74.5 cm³/mol. The second-order valence-electron chi connectivity index (χ2n) is 4.11. The molecule has 0 bridgehead atoms. The lowest BCUT2D eigenvalue weighted by Crippen LogP contribution is -2.07. The number of benzene rings is 1. The Labute approximate surface area is 110 Å². The van der Waals surface area contributed by atoms with Gasteiger partial charge in [-0.25, -0.2) is 4.98 Å². The van der Waals surface area contributed by atoms with E-state index >= 15 is 0 Å². The van der Waals surface area contributed by atoms with E-state index in [0.717, 1.165) is 16.4 Å². The van der Waals surface area contributed by atoms with Crippen LogP contribution >= 0.6 is 11.3 Å². The third kappa shape index (κ3) is 2.60. The van der Waals surface area contributed by atoms with E-state index in [1.807, 2.05) is 25.3 Å². The van der Waals surface area contributed by atoms with Gasteiger partial charge in [-0.2, -0.15) is 5.26 Å². The molecule has 1 unspecified atom stereocenters. The van der Waals surface area contributed by atoms with Gasteiger partial charge in [-0.05, 0) is 32.0 Å². The number of nitrogens with one attached hydrogen (secondary N) is 1. The minimum Gasteiger partial charge on any atom is -0.399 e. The van der Waals surface area contributed by atoms with Crippen molar-refractivity contribution in [2.75, 3.05) is 11.1 Å². The predicted octanol–water partition coefficient (Wildman–Crippen LogP) is 3.08. The van der Waals surface area contributed by atoms with E-state index < -0.39 is 0 Å². The molecule has 92 valence electrons. The fourth-order valence-electron chi connectivity index (χ4n) is 1.65. The number of aryl methyl sites for hydroxylation is 1. The van der Waals surface area contributed by atoms with Crippen molar-refractivity contribution in [2.24, 2.45) is 0 Å². The maximum Gasteiger partial charge on any atom is 0.115 e. The summed E-state index contributed by atoms with van der Waals surface area (Å²) in [7, 11) is 0. The summed E-state index contributed by atoms with van der Waals surface area (Å²) in [5.41, 5.74) is 8.60. The molecule has 18 heavy (non-hydrogen) atoms. The molecule has 0 aliphatic carbocycles. The number of hydrogen-bond donors (Lipinski definition) is 2. The number of thiazole rings is 1. The molecule has 1 aromatic heterocycles. The van der Waals surface area contributed by atoms with Gasteiger partial charge in [0.15, 0.2) is 0 Å². The molecular formula is C13H14N4S. The number of nitriles is 1. The van der Waals surface area contributed by atoms with Crippen LogP contribution in [0.2, 0.25) is 0 Å². The van der Waals surface area contributed by atoms with Crippen LogP contribution in [-0.2, 0) is 0 Å². The average molecular weight is 258 g/mol. The maximum atomic E-state index is 9.07. The molecule has 0 amide bonds. The van der Waals surface area contributed by atoms with Gasteiger partial charge >= 0.3 is 0 Å². The summed E-state index contributed by atoms with van der Waals surface area (Å²) in [6, 6.07) is 7.48. The molecule has 0 aliphatic rings. The van der Waals surface area contributed by atoms with E-state index in [1.54, 1.807) is 23.5 Å². The largest absolute Gasteiger partial charge is 0.399 e. The summed E-state index contributed by atoms with van der Waals surface area (Å²) in [5, 5.41) is 15.4. The zero-order valence-electron chi connectivity index (χ0n) is 10.3. The molecule has 2 aromatic rings. The first-order chi connectivity index (χ1) is 8.60. The van der Waals surface area contributed by atoms with Gasteiger partial charge in [-0.1, -0.05) is 0 Å². The molecule has 1 aromatic carbocycles. The molecule has 0 saturated heterocycles. The molecule has 2 rings (SSSR count). The zero-order valence-corrected chi connectivity index (χ0v) is 11.1. The summed E-state index contributed by atoms with van der Waals surface area (Å²) >= 11 is 1.61. The standard InChI is InChI=1S/C13H14N4S/c1-8-7-18-13(16-8)9(2)17-12-4-3-11(15)5-10(12)6-14/h3-5,7,9,17H,15H2,1-2H3. The van der Waals surface area contributed by atoms with Crippen molar-refractivity contribution < 1.29 is 0 Å². The number of hydrogen-bond acceptors (Lipinski definition) is 5. The van der Waals surface area contributed by atoms with Crippen molar-refractivity contribution in [3.05, 3.63) is 39.8 Å². The quantitative estimate of drug-likeness (QED) is 0.830. The van der Waals surface area contributed by atoms with Crippen LogP contribution in [0, 0.1) is 18.3 Å². The first kappa shape index (κ1) is 12.4. The van der Waals surface area contributed by atoms with Crippen LogP contribution in [0.5, 0.6) is 0 Å². The summed E-state index contributed by atoms with van der Waals surface area (Å²) in [4.78, 5) is 4.43. The third-order valence-corrected chi connectivity index (χ3v) is 3.69. The van der Waals surface area contributed by atoms with Crippen molar-refractivity contribution in [2.45, 2.75) is 19.9 Å². The van der Waals surface area contributed by atoms with Gasteiger partial charge in [0, 0.05) is 16.8 Å². The summed E-state index contributed by atoms with van der Waals surface area (Å²) < 4.78 is 0. The first-order valence-electron chi connectivity index (χ1n) is 5.58. The van der Waals surface area contributed by atoms with Gasteiger partial charge in [0.05, 0.1) is 17.3 Å². The van der Waals surface area contributed by atoms with E-state index in [9.17, 15) is 0 Å². The number of aromatic nitrogens is 1. The van der Waals surface area contributed by atoms with Gasteiger partial charge in [-0.15, -0.1) is 11.3 Å². The third-order valence-electron chi connectivity index (χ3n) is 2.54. The smallest absolute Gasteiger partial charge is 0.115 e. The molecule has 0 aliphatic heterocycles. The van der Waals surface area contributed by atoms with Crippen molar-refractivity contribution in [3.8, 4) is 6.07 Å². The Morgan fingerprint density at radius 1 is 1.50 bits per heavy atom. The second kappa shape index (κ2) is 5.07. The van der Waals surface area contributed by atoms with E-state index in [0.29, 0.717) is 11.3 Å². The van der Waals surface area contributed by atoms with E-state index in [4.69, 9.17) is 11.0 Å². The molecule has 1 atom stereocenters. The lowest BCUT2D eigenvalue weighted by Gasteiger charge is -2.14. The lowest BCUT2D eigenvalue weighted by molar-refractivity contribution is 0.863. The highest BCUT2D eigenvalue weighted by atomic mass is 32.1. The Morgan fingerprint density at radius 3 is 2.89 bits per heavy atom. The molecular weight excluding hydrogens is 244 g/mol.